The van der Waals surface area contributed by atoms with Crippen LogP contribution in [0.3, 0.4) is 0 Å². The number of hydrogen-bond acceptors (Lipinski definition) is 12. The maximum Gasteiger partial charge on any atom is 0.410 e. The molecule has 2 aliphatic rings. The number of nitrogens with one attached hydrogen (secondary N) is 1. The molecule has 4 N–H and O–H groups in total. The third-order valence-corrected chi connectivity index (χ3v) is 7.72. The summed E-state index contributed by atoms with van der Waals surface area (Å²) in [5.41, 5.74) is 6.30. The van der Waals surface area contributed by atoms with Crippen molar-refractivity contribution in [1.82, 2.24) is 15.1 Å². The molecule has 2 heterocycles. The van der Waals surface area contributed by atoms with Gasteiger partial charge in [0.05, 0.1) is 50.5 Å². The number of nitrogens with zero attached hydrogens (tertiary/aromatic N) is 2. The molecule has 0 aliphatic carbocycles. The lowest BCUT2D eigenvalue weighted by atomic mass is 10.1. The van der Waals surface area contributed by atoms with Gasteiger partial charge in [0.25, 0.3) is 5.91 Å². The lowest BCUT2D eigenvalue weighted by molar-refractivity contribution is -0.155. The Morgan fingerprint density at radius 1 is 0.745 bits per heavy atom. The Morgan fingerprint density at radius 2 is 1.15 bits per heavy atom. The van der Waals surface area contributed by atoms with E-state index in [1.54, 1.807) is 55.8 Å². The molecule has 2 aromatic carbocycles. The van der Waals surface area contributed by atoms with Crippen molar-refractivity contribution in [2.75, 3.05) is 53.6 Å². The molecule has 2 aliphatic heterocycles. The van der Waals surface area contributed by atoms with Crippen molar-refractivity contribution in [2.24, 2.45) is 5.73 Å². The molecule has 0 spiro atoms. The fraction of sp³-hybridized carbons (Fsp3) is 0.526. The number of benzene rings is 2. The highest BCUT2D eigenvalue weighted by Crippen LogP contribution is 2.16. The summed E-state index contributed by atoms with van der Waals surface area (Å²) < 4.78 is 31.1. The minimum absolute atomic E-state index is 0.0320. The van der Waals surface area contributed by atoms with Gasteiger partial charge in [-0.1, -0.05) is 48.7 Å². The summed E-state index contributed by atoms with van der Waals surface area (Å²) in [4.78, 5) is 50.7. The molecule has 3 amide bonds. The Hall–Kier alpha value is -4.58. The highest BCUT2D eigenvalue weighted by atomic mass is 32.1. The van der Waals surface area contributed by atoms with Gasteiger partial charge in [0.1, 0.15) is 22.7 Å². The van der Waals surface area contributed by atoms with Crippen LogP contribution in [-0.2, 0) is 41.4 Å². The first-order valence-electron chi connectivity index (χ1n) is 17.5. The molecule has 0 radical (unpaired) electrons. The van der Waals surface area contributed by atoms with Gasteiger partial charge in [-0.15, -0.1) is 0 Å². The fourth-order valence-electron chi connectivity index (χ4n) is 4.73. The van der Waals surface area contributed by atoms with Crippen molar-refractivity contribution >= 4 is 58.5 Å². The van der Waals surface area contributed by atoms with E-state index in [4.69, 9.17) is 63.7 Å². The number of amides is 3. The van der Waals surface area contributed by atoms with Gasteiger partial charge < -0.3 is 54.4 Å². The Kier molecular flexibility index (Phi) is 18.7. The largest absolute Gasteiger partial charge is 0.497 e. The van der Waals surface area contributed by atoms with E-state index in [9.17, 15) is 19.2 Å². The summed E-state index contributed by atoms with van der Waals surface area (Å²) in [5.74, 6) is 0.184. The Balaban J connectivity index is 0.000000315. The van der Waals surface area contributed by atoms with Crippen molar-refractivity contribution in [3.8, 4) is 11.5 Å². The predicted molar refractivity (Wildman–Crippen MR) is 214 cm³/mol. The van der Waals surface area contributed by atoms with Crippen molar-refractivity contribution in [3.63, 3.8) is 0 Å². The van der Waals surface area contributed by atoms with Crippen LogP contribution in [0.1, 0.15) is 52.7 Å². The number of morpholine rings is 2. The second-order valence-electron chi connectivity index (χ2n) is 14.3. The van der Waals surface area contributed by atoms with Gasteiger partial charge in [0.2, 0.25) is 0 Å². The van der Waals surface area contributed by atoms with Gasteiger partial charge in [-0.25, -0.2) is 14.4 Å². The van der Waals surface area contributed by atoms with E-state index in [0.717, 1.165) is 22.6 Å². The van der Waals surface area contributed by atoms with Crippen LogP contribution in [-0.4, -0.2) is 126 Å². The zero-order chi connectivity index (χ0) is 41.3. The molecule has 0 saturated carbocycles. The molecular weight excluding hydrogens is 753 g/mol. The van der Waals surface area contributed by atoms with Crippen molar-refractivity contribution in [3.05, 3.63) is 59.7 Å². The predicted octanol–water partition coefficient (Wildman–Crippen LogP) is 4.55. The number of rotatable bonds is 8. The van der Waals surface area contributed by atoms with Crippen LogP contribution in [0.5, 0.6) is 11.5 Å². The van der Waals surface area contributed by atoms with E-state index in [1.807, 2.05) is 48.5 Å². The van der Waals surface area contributed by atoms with Crippen LogP contribution in [0.15, 0.2) is 48.5 Å². The molecular formula is C38H54N4O11S2. The van der Waals surface area contributed by atoms with Crippen molar-refractivity contribution in [2.45, 2.75) is 77.8 Å². The lowest BCUT2D eigenvalue weighted by Gasteiger charge is -2.33. The Morgan fingerprint density at radius 3 is 1.53 bits per heavy atom. The highest BCUT2D eigenvalue weighted by molar-refractivity contribution is 7.80. The molecule has 2 aromatic rings. The fourth-order valence-corrected chi connectivity index (χ4v) is 5.16. The molecule has 2 fully saturated rings. The summed E-state index contributed by atoms with van der Waals surface area (Å²) in [6.45, 7) is 12.1. The van der Waals surface area contributed by atoms with Crippen LogP contribution in [0, 0.1) is 0 Å². The van der Waals surface area contributed by atoms with E-state index < -0.39 is 41.6 Å². The maximum absolute atomic E-state index is 12.4. The summed E-state index contributed by atoms with van der Waals surface area (Å²) in [7, 11) is 3.24. The number of carbonyl (C=O) groups is 4. The van der Waals surface area contributed by atoms with E-state index in [2.05, 4.69) is 5.32 Å². The molecule has 304 valence electrons. The van der Waals surface area contributed by atoms with Crippen LogP contribution in [0.25, 0.3) is 0 Å². The van der Waals surface area contributed by atoms with Gasteiger partial charge in [0.15, 0.2) is 12.2 Å². The number of hydrogen-bond donors (Lipinski definition) is 3. The summed E-state index contributed by atoms with van der Waals surface area (Å²) in [6.07, 6.45) is -1.61. The normalized spacial score (nSPS) is 16.8. The second kappa shape index (κ2) is 22.1. The van der Waals surface area contributed by atoms with Gasteiger partial charge in [-0.05, 0) is 76.9 Å². The van der Waals surface area contributed by atoms with E-state index >= 15 is 0 Å². The third-order valence-electron chi connectivity index (χ3n) is 7.33. The van der Waals surface area contributed by atoms with Crippen LogP contribution in [0.2, 0.25) is 0 Å². The number of carboxylic acid groups (broad SMARTS) is 1. The number of carbonyl (C=O) groups excluding carboxylic acids is 3. The Labute approximate surface area is 333 Å². The van der Waals surface area contributed by atoms with Crippen LogP contribution < -0.4 is 20.5 Å². The average molecular weight is 807 g/mol. The standard InChI is InChI=1S/C19H26N2O5S.C10H17NO5.C9H11NOS/c1-19(2,3)26-18(23)21-9-10-25-15(12-21)17(22)20-16(27)11-13-5-7-14(24-4)8-6-13;1-10(2,3)16-9(14)11-4-5-15-7(6-11)8(12)13;1-11-8-4-2-7(3-5-8)6-9(10)12/h5-8,15H,9-12H2,1-4H3,(H,20,22,27);7H,4-6H2,1-3H3,(H,12,13);2-5H,6H2,1H3,(H2,10,12). The first-order chi connectivity index (χ1) is 25.7. The number of methoxy groups -OCH3 is 2. The molecule has 55 heavy (non-hydrogen) atoms. The second-order valence-corrected chi connectivity index (χ2v) is 15.4. The topological polar surface area (TPSA) is 188 Å². The number of thiocarbonyl (C=S) groups is 2. The highest BCUT2D eigenvalue weighted by Gasteiger charge is 2.33. The first-order valence-corrected chi connectivity index (χ1v) is 18.3. The summed E-state index contributed by atoms with van der Waals surface area (Å²) in [5, 5.41) is 11.5. The monoisotopic (exact) mass is 806 g/mol. The zero-order valence-electron chi connectivity index (χ0n) is 32.7. The molecule has 0 bridgehead atoms. The summed E-state index contributed by atoms with van der Waals surface area (Å²) >= 11 is 10.1. The first kappa shape index (κ1) is 46.6. The quantitative estimate of drug-likeness (QED) is 0.315. The Bertz CT molecular complexity index is 1590. The molecule has 2 unspecified atom stereocenters. The van der Waals surface area contributed by atoms with Crippen LogP contribution in [0.4, 0.5) is 9.59 Å². The maximum atomic E-state index is 12.4. The van der Waals surface area contributed by atoms with Crippen LogP contribution >= 0.6 is 24.4 Å². The number of nitrogens with two attached hydrogens (primary N) is 1. The zero-order valence-corrected chi connectivity index (χ0v) is 34.4. The van der Waals surface area contributed by atoms with Gasteiger partial charge in [0, 0.05) is 25.9 Å². The number of ether oxygens (including phenoxy) is 6. The molecule has 2 atom stereocenters. The van der Waals surface area contributed by atoms with Crippen molar-refractivity contribution in [1.29, 1.82) is 0 Å². The van der Waals surface area contributed by atoms with Gasteiger partial charge >= 0.3 is 18.2 Å². The molecule has 0 aromatic heterocycles. The van der Waals surface area contributed by atoms with Crippen molar-refractivity contribution < 1.29 is 52.7 Å². The minimum Gasteiger partial charge on any atom is -0.497 e. The van der Waals surface area contributed by atoms with Gasteiger partial charge in [-0.3, -0.25) is 4.79 Å². The van der Waals surface area contributed by atoms with E-state index in [0.29, 0.717) is 35.9 Å². The SMILES string of the molecule is CC(C)(C)OC(=O)N1CCOC(C(=O)O)C1.COc1ccc(CC(=S)NC(=O)C2CN(C(=O)OC(C)(C)C)CCO2)cc1.COc1ccc(CC(N)=S)cc1. The smallest absolute Gasteiger partial charge is 0.410 e. The third kappa shape index (κ3) is 18.5. The number of carboxylic acids is 1. The molecule has 2 saturated heterocycles. The number of aliphatic carboxylic acids is 1. The van der Waals surface area contributed by atoms with Gasteiger partial charge in [-0.2, -0.15) is 0 Å². The lowest BCUT2D eigenvalue weighted by Crippen LogP contribution is -2.53. The van der Waals surface area contributed by atoms with E-state index in [1.165, 1.54) is 9.80 Å². The molecule has 4 rings (SSSR count). The molecule has 15 nitrogen and oxygen atoms in total. The minimum atomic E-state index is -1.06. The summed E-state index contributed by atoms with van der Waals surface area (Å²) in [6, 6.07) is 15.2. The molecule has 17 heteroatoms. The average Bonchev–Trinajstić information content (AvgIpc) is 3.11. The van der Waals surface area contributed by atoms with E-state index in [-0.39, 0.29) is 32.2 Å².